The van der Waals surface area contributed by atoms with Gasteiger partial charge in [0, 0.05) is 37.1 Å². The Morgan fingerprint density at radius 2 is 2.23 bits per heavy atom. The quantitative estimate of drug-likeness (QED) is 0.919. The summed E-state index contributed by atoms with van der Waals surface area (Å²) in [6, 6.07) is 3.95. The van der Waals surface area contributed by atoms with Gasteiger partial charge in [0.2, 0.25) is 5.88 Å². The van der Waals surface area contributed by atoms with Crippen LogP contribution >= 0.6 is 11.6 Å². The third-order valence-electron chi connectivity index (χ3n) is 3.92. The first-order chi connectivity index (χ1) is 10.6. The lowest BCUT2D eigenvalue weighted by Gasteiger charge is -2.11. The largest absolute Gasteiger partial charge is 0.493 e. The van der Waals surface area contributed by atoms with Crippen molar-refractivity contribution in [3.8, 4) is 11.6 Å². The SMILES string of the molecule is COc1c(CNCc2cc(Cl)cc3c2OCC3)c(C)nn1C. The van der Waals surface area contributed by atoms with E-state index in [0.29, 0.717) is 13.1 Å². The fourth-order valence-corrected chi connectivity index (χ4v) is 3.20. The van der Waals surface area contributed by atoms with Gasteiger partial charge in [0.25, 0.3) is 0 Å². The van der Waals surface area contributed by atoms with Gasteiger partial charge < -0.3 is 14.8 Å². The molecule has 0 atom stereocenters. The van der Waals surface area contributed by atoms with Crippen molar-refractivity contribution in [2.24, 2.45) is 7.05 Å². The molecule has 5 nitrogen and oxygen atoms in total. The van der Waals surface area contributed by atoms with E-state index in [2.05, 4.69) is 10.4 Å². The molecule has 0 saturated heterocycles. The van der Waals surface area contributed by atoms with Crippen molar-refractivity contribution < 1.29 is 9.47 Å². The summed E-state index contributed by atoms with van der Waals surface area (Å²) in [6.07, 6.45) is 0.929. The van der Waals surface area contributed by atoms with Gasteiger partial charge in [0.15, 0.2) is 0 Å². The number of halogens is 1. The number of aromatic nitrogens is 2. The van der Waals surface area contributed by atoms with Crippen LogP contribution in [-0.2, 0) is 26.6 Å². The van der Waals surface area contributed by atoms with E-state index in [1.807, 2.05) is 26.1 Å². The maximum Gasteiger partial charge on any atom is 0.216 e. The normalized spacial score (nSPS) is 13.1. The molecule has 1 aliphatic rings. The Labute approximate surface area is 135 Å². The molecule has 0 amide bonds. The molecule has 0 aliphatic carbocycles. The summed E-state index contributed by atoms with van der Waals surface area (Å²) in [7, 11) is 3.55. The number of hydrogen-bond acceptors (Lipinski definition) is 4. The lowest BCUT2D eigenvalue weighted by Crippen LogP contribution is -2.14. The number of methoxy groups -OCH3 is 1. The first-order valence-electron chi connectivity index (χ1n) is 7.31. The molecule has 0 spiro atoms. The maximum absolute atomic E-state index is 6.18. The Hall–Kier alpha value is -1.72. The number of nitrogens with zero attached hydrogens (tertiary/aromatic N) is 2. The van der Waals surface area contributed by atoms with Crippen LogP contribution in [0.1, 0.15) is 22.4 Å². The highest BCUT2D eigenvalue weighted by atomic mass is 35.5. The first kappa shape index (κ1) is 15.2. The standard InChI is InChI=1S/C16H20ClN3O2/c1-10-14(16(21-3)20(2)19-10)9-18-8-12-7-13(17)6-11-4-5-22-15(11)12/h6-7,18H,4-5,8-9H2,1-3H3. The van der Waals surface area contributed by atoms with Crippen LogP contribution in [0.3, 0.4) is 0 Å². The van der Waals surface area contributed by atoms with Crippen molar-refractivity contribution in [2.45, 2.75) is 26.4 Å². The van der Waals surface area contributed by atoms with Gasteiger partial charge >= 0.3 is 0 Å². The second-order valence-electron chi connectivity index (χ2n) is 5.45. The van der Waals surface area contributed by atoms with Crippen LogP contribution in [0.4, 0.5) is 0 Å². The summed E-state index contributed by atoms with van der Waals surface area (Å²) in [5, 5.41) is 8.58. The van der Waals surface area contributed by atoms with Crippen LogP contribution in [0, 0.1) is 6.92 Å². The average molecular weight is 322 g/mol. The smallest absolute Gasteiger partial charge is 0.216 e. The topological polar surface area (TPSA) is 48.3 Å². The van der Waals surface area contributed by atoms with Gasteiger partial charge in [-0.05, 0) is 24.6 Å². The molecule has 0 radical (unpaired) electrons. The Balaban J connectivity index is 1.72. The molecule has 22 heavy (non-hydrogen) atoms. The van der Waals surface area contributed by atoms with Gasteiger partial charge in [0.1, 0.15) is 5.75 Å². The van der Waals surface area contributed by atoms with Crippen molar-refractivity contribution >= 4 is 11.6 Å². The highest BCUT2D eigenvalue weighted by Gasteiger charge is 2.18. The Morgan fingerprint density at radius 1 is 1.41 bits per heavy atom. The van der Waals surface area contributed by atoms with Gasteiger partial charge in [-0.1, -0.05) is 11.6 Å². The van der Waals surface area contributed by atoms with Crippen LogP contribution in [0.5, 0.6) is 11.6 Å². The van der Waals surface area contributed by atoms with Crippen molar-refractivity contribution in [3.63, 3.8) is 0 Å². The van der Waals surface area contributed by atoms with Gasteiger partial charge in [-0.2, -0.15) is 5.10 Å². The van der Waals surface area contributed by atoms with E-state index < -0.39 is 0 Å². The molecule has 1 aromatic heterocycles. The Bertz CT molecular complexity index is 697. The van der Waals surface area contributed by atoms with Gasteiger partial charge in [-0.3, -0.25) is 0 Å². The zero-order chi connectivity index (χ0) is 15.7. The number of nitrogens with one attached hydrogen (secondary N) is 1. The maximum atomic E-state index is 6.18. The number of benzene rings is 1. The Kier molecular flexibility index (Phi) is 4.27. The highest BCUT2D eigenvalue weighted by molar-refractivity contribution is 6.30. The second kappa shape index (κ2) is 6.18. The molecule has 0 fully saturated rings. The molecule has 3 rings (SSSR count). The highest BCUT2D eigenvalue weighted by Crippen LogP contribution is 2.32. The summed E-state index contributed by atoms with van der Waals surface area (Å²) in [4.78, 5) is 0. The van der Waals surface area contributed by atoms with Crippen molar-refractivity contribution in [3.05, 3.63) is 39.5 Å². The van der Waals surface area contributed by atoms with Crippen LogP contribution in [0.25, 0.3) is 0 Å². The van der Waals surface area contributed by atoms with E-state index in [9.17, 15) is 0 Å². The number of ether oxygens (including phenoxy) is 2. The first-order valence-corrected chi connectivity index (χ1v) is 7.69. The summed E-state index contributed by atoms with van der Waals surface area (Å²) in [5.74, 6) is 1.77. The summed E-state index contributed by atoms with van der Waals surface area (Å²) in [6.45, 7) is 4.10. The van der Waals surface area contributed by atoms with Crippen molar-refractivity contribution in [1.29, 1.82) is 0 Å². The molecule has 2 heterocycles. The van der Waals surface area contributed by atoms with Crippen molar-refractivity contribution in [2.75, 3.05) is 13.7 Å². The number of rotatable bonds is 5. The predicted molar refractivity (Wildman–Crippen MR) is 85.7 cm³/mol. The van der Waals surface area contributed by atoms with Crippen LogP contribution in [0.2, 0.25) is 5.02 Å². The fourth-order valence-electron chi connectivity index (χ4n) is 2.94. The number of aryl methyl sites for hydroxylation is 2. The Morgan fingerprint density at radius 3 is 3.00 bits per heavy atom. The zero-order valence-corrected chi connectivity index (χ0v) is 13.8. The molecule has 118 valence electrons. The number of hydrogen-bond donors (Lipinski definition) is 1. The molecule has 0 unspecified atom stereocenters. The zero-order valence-electron chi connectivity index (χ0n) is 13.1. The number of fused-ring (bicyclic) bond motifs is 1. The van der Waals surface area contributed by atoms with Crippen LogP contribution in [-0.4, -0.2) is 23.5 Å². The van der Waals surface area contributed by atoms with E-state index in [0.717, 1.165) is 46.5 Å². The van der Waals surface area contributed by atoms with E-state index >= 15 is 0 Å². The summed E-state index contributed by atoms with van der Waals surface area (Å²) in [5.41, 5.74) is 4.34. The molecule has 0 saturated carbocycles. The van der Waals surface area contributed by atoms with E-state index in [-0.39, 0.29) is 0 Å². The molecular formula is C16H20ClN3O2. The predicted octanol–water partition coefficient (Wildman–Crippen LogP) is 2.62. The fraction of sp³-hybridized carbons (Fsp3) is 0.438. The second-order valence-corrected chi connectivity index (χ2v) is 5.89. The van der Waals surface area contributed by atoms with Crippen molar-refractivity contribution in [1.82, 2.24) is 15.1 Å². The van der Waals surface area contributed by atoms with Gasteiger partial charge in [0.05, 0.1) is 25.0 Å². The lowest BCUT2D eigenvalue weighted by atomic mass is 10.1. The minimum atomic E-state index is 0.685. The lowest BCUT2D eigenvalue weighted by molar-refractivity contribution is 0.352. The van der Waals surface area contributed by atoms with E-state index in [1.165, 1.54) is 5.56 Å². The monoisotopic (exact) mass is 321 g/mol. The minimum Gasteiger partial charge on any atom is -0.493 e. The molecular weight excluding hydrogens is 302 g/mol. The summed E-state index contributed by atoms with van der Waals surface area (Å²) >= 11 is 6.18. The van der Waals surface area contributed by atoms with E-state index in [1.54, 1.807) is 11.8 Å². The van der Waals surface area contributed by atoms with Crippen LogP contribution < -0.4 is 14.8 Å². The molecule has 0 bridgehead atoms. The third kappa shape index (κ3) is 2.78. The van der Waals surface area contributed by atoms with E-state index in [4.69, 9.17) is 21.1 Å². The van der Waals surface area contributed by atoms with Gasteiger partial charge in [-0.15, -0.1) is 0 Å². The van der Waals surface area contributed by atoms with Crippen LogP contribution in [0.15, 0.2) is 12.1 Å². The molecule has 1 aromatic carbocycles. The minimum absolute atomic E-state index is 0.685. The third-order valence-corrected chi connectivity index (χ3v) is 4.14. The molecule has 6 heteroatoms. The molecule has 1 N–H and O–H groups in total. The average Bonchev–Trinajstić information content (AvgIpc) is 3.03. The van der Waals surface area contributed by atoms with Gasteiger partial charge in [-0.25, -0.2) is 4.68 Å². The molecule has 1 aliphatic heterocycles. The summed E-state index contributed by atoms with van der Waals surface area (Å²) < 4.78 is 12.9. The molecule has 2 aromatic rings.